The SMILES string of the molecule is CCCC(NCc1ccccc1COC)c1cccs1. The summed E-state index contributed by atoms with van der Waals surface area (Å²) in [5, 5.41) is 5.84. The summed E-state index contributed by atoms with van der Waals surface area (Å²) in [6.45, 7) is 3.80. The van der Waals surface area contributed by atoms with Gasteiger partial charge in [-0.3, -0.25) is 0 Å². The van der Waals surface area contributed by atoms with E-state index in [2.05, 4.69) is 54.0 Å². The van der Waals surface area contributed by atoms with Gasteiger partial charge in [0, 0.05) is 24.6 Å². The molecule has 0 aliphatic carbocycles. The fraction of sp³-hybridized carbons (Fsp3) is 0.412. The minimum Gasteiger partial charge on any atom is -0.380 e. The molecule has 2 aromatic rings. The van der Waals surface area contributed by atoms with Crippen molar-refractivity contribution < 1.29 is 4.74 Å². The topological polar surface area (TPSA) is 21.3 Å². The molecule has 0 bridgehead atoms. The maximum Gasteiger partial charge on any atom is 0.0716 e. The normalized spacial score (nSPS) is 12.5. The number of hydrogen-bond donors (Lipinski definition) is 1. The van der Waals surface area contributed by atoms with Crippen molar-refractivity contribution in [2.24, 2.45) is 0 Å². The average Bonchev–Trinajstić information content (AvgIpc) is 2.99. The Labute approximate surface area is 125 Å². The van der Waals surface area contributed by atoms with Crippen molar-refractivity contribution in [1.82, 2.24) is 5.32 Å². The van der Waals surface area contributed by atoms with Crippen molar-refractivity contribution in [3.05, 3.63) is 57.8 Å². The van der Waals surface area contributed by atoms with Crippen LogP contribution in [0, 0.1) is 0 Å². The molecule has 0 aliphatic heterocycles. The van der Waals surface area contributed by atoms with E-state index in [0.29, 0.717) is 12.6 Å². The maximum absolute atomic E-state index is 5.27. The van der Waals surface area contributed by atoms with Gasteiger partial charge in [-0.15, -0.1) is 11.3 Å². The van der Waals surface area contributed by atoms with Crippen LogP contribution in [0.3, 0.4) is 0 Å². The molecule has 1 atom stereocenters. The van der Waals surface area contributed by atoms with E-state index in [9.17, 15) is 0 Å². The lowest BCUT2D eigenvalue weighted by molar-refractivity contribution is 0.184. The second-order valence-electron chi connectivity index (χ2n) is 4.94. The van der Waals surface area contributed by atoms with Crippen molar-refractivity contribution in [1.29, 1.82) is 0 Å². The number of hydrogen-bond acceptors (Lipinski definition) is 3. The minimum atomic E-state index is 0.454. The molecule has 2 rings (SSSR count). The molecule has 1 aromatic carbocycles. The van der Waals surface area contributed by atoms with Gasteiger partial charge in [-0.25, -0.2) is 0 Å². The first-order chi connectivity index (χ1) is 9.85. The molecule has 20 heavy (non-hydrogen) atoms. The fourth-order valence-corrected chi connectivity index (χ4v) is 3.22. The van der Waals surface area contributed by atoms with Crippen LogP contribution in [0.25, 0.3) is 0 Å². The minimum absolute atomic E-state index is 0.454. The lowest BCUT2D eigenvalue weighted by Crippen LogP contribution is -2.20. The van der Waals surface area contributed by atoms with Crippen LogP contribution in [0.5, 0.6) is 0 Å². The summed E-state index contributed by atoms with van der Waals surface area (Å²) >= 11 is 1.83. The zero-order valence-electron chi connectivity index (χ0n) is 12.3. The number of benzene rings is 1. The van der Waals surface area contributed by atoms with Crippen LogP contribution in [0.1, 0.15) is 41.8 Å². The van der Waals surface area contributed by atoms with Crippen LogP contribution in [-0.4, -0.2) is 7.11 Å². The quantitative estimate of drug-likeness (QED) is 0.771. The molecule has 0 fully saturated rings. The van der Waals surface area contributed by atoms with Crippen LogP contribution >= 0.6 is 11.3 Å². The van der Waals surface area contributed by atoms with Crippen LogP contribution in [0.2, 0.25) is 0 Å². The van der Waals surface area contributed by atoms with E-state index in [0.717, 1.165) is 6.54 Å². The second kappa shape index (κ2) is 8.20. The van der Waals surface area contributed by atoms with E-state index in [1.807, 2.05) is 11.3 Å². The van der Waals surface area contributed by atoms with Gasteiger partial charge in [-0.2, -0.15) is 0 Å². The Bertz CT molecular complexity index is 495. The lowest BCUT2D eigenvalue weighted by Gasteiger charge is -2.18. The Morgan fingerprint density at radius 1 is 1.15 bits per heavy atom. The van der Waals surface area contributed by atoms with E-state index in [1.54, 1.807) is 7.11 Å². The third-order valence-electron chi connectivity index (χ3n) is 3.42. The number of thiophene rings is 1. The summed E-state index contributed by atoms with van der Waals surface area (Å²) in [5.41, 5.74) is 2.59. The number of methoxy groups -OCH3 is 1. The maximum atomic E-state index is 5.27. The fourth-order valence-electron chi connectivity index (χ4n) is 2.38. The van der Waals surface area contributed by atoms with Gasteiger partial charge in [0.15, 0.2) is 0 Å². The summed E-state index contributed by atoms with van der Waals surface area (Å²) in [6.07, 6.45) is 2.36. The first kappa shape index (κ1) is 15.2. The van der Waals surface area contributed by atoms with E-state index >= 15 is 0 Å². The Morgan fingerprint density at radius 2 is 1.95 bits per heavy atom. The highest BCUT2D eigenvalue weighted by molar-refractivity contribution is 7.10. The van der Waals surface area contributed by atoms with Gasteiger partial charge >= 0.3 is 0 Å². The molecule has 1 N–H and O–H groups in total. The van der Waals surface area contributed by atoms with Gasteiger partial charge in [-0.05, 0) is 29.0 Å². The zero-order valence-corrected chi connectivity index (χ0v) is 13.1. The molecular weight excluding hydrogens is 266 g/mol. The third-order valence-corrected chi connectivity index (χ3v) is 4.41. The van der Waals surface area contributed by atoms with Crippen molar-refractivity contribution in [3.63, 3.8) is 0 Å². The first-order valence-corrected chi connectivity index (χ1v) is 8.05. The van der Waals surface area contributed by atoms with Crippen LogP contribution in [-0.2, 0) is 17.9 Å². The van der Waals surface area contributed by atoms with Gasteiger partial charge in [0.05, 0.1) is 6.61 Å². The molecule has 2 nitrogen and oxygen atoms in total. The third kappa shape index (κ3) is 4.17. The predicted molar refractivity (Wildman–Crippen MR) is 86.0 cm³/mol. The number of nitrogens with one attached hydrogen (secondary N) is 1. The largest absolute Gasteiger partial charge is 0.380 e. The van der Waals surface area contributed by atoms with E-state index in [-0.39, 0.29) is 0 Å². The van der Waals surface area contributed by atoms with E-state index < -0.39 is 0 Å². The number of rotatable bonds is 8. The standard InChI is InChI=1S/C17H23NOS/c1-3-7-16(17-10-6-11-20-17)18-12-14-8-4-5-9-15(14)13-19-2/h4-6,8-11,16,18H,3,7,12-13H2,1-2H3. The van der Waals surface area contributed by atoms with Gasteiger partial charge in [0.2, 0.25) is 0 Å². The Kier molecular flexibility index (Phi) is 6.25. The van der Waals surface area contributed by atoms with Crippen molar-refractivity contribution in [3.8, 4) is 0 Å². The van der Waals surface area contributed by atoms with Gasteiger partial charge in [0.25, 0.3) is 0 Å². The Balaban J connectivity index is 2.02. The summed E-state index contributed by atoms with van der Waals surface area (Å²) in [5.74, 6) is 0. The highest BCUT2D eigenvalue weighted by Crippen LogP contribution is 2.24. The molecule has 0 aliphatic rings. The summed E-state index contributed by atoms with van der Waals surface area (Å²) in [6, 6.07) is 13.3. The average molecular weight is 289 g/mol. The van der Waals surface area contributed by atoms with E-state index in [1.165, 1.54) is 28.8 Å². The molecule has 0 radical (unpaired) electrons. The van der Waals surface area contributed by atoms with Crippen LogP contribution < -0.4 is 5.32 Å². The van der Waals surface area contributed by atoms with Crippen LogP contribution in [0.4, 0.5) is 0 Å². The van der Waals surface area contributed by atoms with Crippen molar-refractivity contribution >= 4 is 11.3 Å². The van der Waals surface area contributed by atoms with E-state index in [4.69, 9.17) is 4.74 Å². The van der Waals surface area contributed by atoms with Gasteiger partial charge in [-0.1, -0.05) is 43.7 Å². The molecule has 108 valence electrons. The summed E-state index contributed by atoms with van der Waals surface area (Å²) in [7, 11) is 1.75. The predicted octanol–water partition coefficient (Wildman–Crippen LogP) is 4.53. The highest BCUT2D eigenvalue weighted by Gasteiger charge is 2.11. The smallest absolute Gasteiger partial charge is 0.0716 e. The highest BCUT2D eigenvalue weighted by atomic mass is 32.1. The summed E-state index contributed by atoms with van der Waals surface area (Å²) in [4.78, 5) is 1.43. The molecule has 1 heterocycles. The molecule has 1 aromatic heterocycles. The van der Waals surface area contributed by atoms with Crippen LogP contribution in [0.15, 0.2) is 41.8 Å². The second-order valence-corrected chi connectivity index (χ2v) is 5.92. The zero-order chi connectivity index (χ0) is 14.2. The molecular formula is C17H23NOS. The van der Waals surface area contributed by atoms with Crippen molar-refractivity contribution in [2.75, 3.05) is 7.11 Å². The first-order valence-electron chi connectivity index (χ1n) is 7.17. The molecule has 0 spiro atoms. The molecule has 0 saturated carbocycles. The van der Waals surface area contributed by atoms with Gasteiger partial charge < -0.3 is 10.1 Å². The summed E-state index contributed by atoms with van der Waals surface area (Å²) < 4.78 is 5.27. The molecule has 1 unspecified atom stereocenters. The number of ether oxygens (including phenoxy) is 1. The molecule has 0 saturated heterocycles. The lowest BCUT2D eigenvalue weighted by atomic mass is 10.1. The molecule has 0 amide bonds. The Morgan fingerprint density at radius 3 is 2.60 bits per heavy atom. The molecule has 3 heteroatoms. The van der Waals surface area contributed by atoms with Crippen molar-refractivity contribution in [2.45, 2.75) is 39.0 Å². The van der Waals surface area contributed by atoms with Gasteiger partial charge in [0.1, 0.15) is 0 Å². The monoisotopic (exact) mass is 289 g/mol. The Hall–Kier alpha value is -1.16.